The molecule has 0 aliphatic carbocycles. The molecule has 2 amide bonds. The number of halogens is 2. The quantitative estimate of drug-likeness (QED) is 0.855. The lowest BCUT2D eigenvalue weighted by Crippen LogP contribution is -2.51. The standard InChI is InChI=1S/C20H21ClFN3O2/c21-17-3-1-2-15(12-17)13-23-19(26)14-24-8-10-25(11-9-24)20(27)16-4-6-18(22)7-5-16/h1-7,12H,8-11,13-14H2,(H,23,26). The highest BCUT2D eigenvalue weighted by Gasteiger charge is 2.23. The minimum absolute atomic E-state index is 0.0618. The fraction of sp³-hybridized carbons (Fsp3) is 0.300. The smallest absolute Gasteiger partial charge is 0.253 e. The zero-order chi connectivity index (χ0) is 19.2. The van der Waals surface area contributed by atoms with Crippen LogP contribution >= 0.6 is 11.6 Å². The van der Waals surface area contributed by atoms with E-state index in [-0.39, 0.29) is 17.6 Å². The van der Waals surface area contributed by atoms with Crippen LogP contribution in [0.1, 0.15) is 15.9 Å². The molecular formula is C20H21ClFN3O2. The summed E-state index contributed by atoms with van der Waals surface area (Å²) in [6.07, 6.45) is 0. The summed E-state index contributed by atoms with van der Waals surface area (Å²) in [6.45, 7) is 3.05. The van der Waals surface area contributed by atoms with Crippen LogP contribution < -0.4 is 5.32 Å². The molecule has 1 aliphatic rings. The van der Waals surface area contributed by atoms with Gasteiger partial charge in [-0.25, -0.2) is 4.39 Å². The van der Waals surface area contributed by atoms with Crippen molar-refractivity contribution >= 4 is 23.4 Å². The molecule has 0 bridgehead atoms. The van der Waals surface area contributed by atoms with Crippen molar-refractivity contribution in [2.75, 3.05) is 32.7 Å². The topological polar surface area (TPSA) is 52.7 Å². The molecule has 2 aromatic carbocycles. The van der Waals surface area contributed by atoms with Gasteiger partial charge in [-0.05, 0) is 42.0 Å². The van der Waals surface area contributed by atoms with Gasteiger partial charge in [0.05, 0.1) is 6.54 Å². The van der Waals surface area contributed by atoms with E-state index in [1.165, 1.54) is 24.3 Å². The van der Waals surface area contributed by atoms with E-state index in [0.717, 1.165) is 5.56 Å². The molecule has 5 nitrogen and oxygen atoms in total. The number of carbonyl (C=O) groups excluding carboxylic acids is 2. The molecule has 2 aromatic rings. The van der Waals surface area contributed by atoms with Crippen LogP contribution in [-0.4, -0.2) is 54.3 Å². The lowest BCUT2D eigenvalue weighted by Gasteiger charge is -2.34. The van der Waals surface area contributed by atoms with E-state index >= 15 is 0 Å². The van der Waals surface area contributed by atoms with Crippen molar-refractivity contribution in [3.63, 3.8) is 0 Å². The molecule has 0 atom stereocenters. The van der Waals surface area contributed by atoms with E-state index in [2.05, 4.69) is 5.32 Å². The Hall–Kier alpha value is -2.44. The Morgan fingerprint density at radius 1 is 1.04 bits per heavy atom. The largest absolute Gasteiger partial charge is 0.351 e. The van der Waals surface area contributed by atoms with E-state index in [9.17, 15) is 14.0 Å². The molecule has 1 N–H and O–H groups in total. The summed E-state index contributed by atoms with van der Waals surface area (Å²) in [5, 5.41) is 3.53. The number of benzene rings is 2. The van der Waals surface area contributed by atoms with Gasteiger partial charge >= 0.3 is 0 Å². The molecule has 3 rings (SSSR count). The minimum Gasteiger partial charge on any atom is -0.351 e. The highest BCUT2D eigenvalue weighted by atomic mass is 35.5. The van der Waals surface area contributed by atoms with E-state index < -0.39 is 0 Å². The zero-order valence-electron chi connectivity index (χ0n) is 14.8. The molecule has 1 fully saturated rings. The second-order valence-corrected chi connectivity index (χ2v) is 6.92. The molecule has 0 spiro atoms. The predicted octanol–water partition coefficient (Wildman–Crippen LogP) is 2.55. The lowest BCUT2D eigenvalue weighted by molar-refractivity contribution is -0.122. The average molecular weight is 390 g/mol. The first-order valence-corrected chi connectivity index (χ1v) is 9.17. The normalized spacial score (nSPS) is 14.8. The second kappa shape index (κ2) is 8.97. The van der Waals surface area contributed by atoms with Gasteiger partial charge in [0.25, 0.3) is 5.91 Å². The van der Waals surface area contributed by atoms with Gasteiger partial charge in [-0.1, -0.05) is 23.7 Å². The maximum absolute atomic E-state index is 13.0. The van der Waals surface area contributed by atoms with Crippen LogP contribution in [0.3, 0.4) is 0 Å². The van der Waals surface area contributed by atoms with Crippen molar-refractivity contribution in [2.45, 2.75) is 6.54 Å². The van der Waals surface area contributed by atoms with E-state index in [0.29, 0.717) is 49.9 Å². The molecule has 1 heterocycles. The summed E-state index contributed by atoms with van der Waals surface area (Å²) >= 11 is 5.94. The van der Waals surface area contributed by atoms with Crippen molar-refractivity contribution in [3.8, 4) is 0 Å². The van der Waals surface area contributed by atoms with Gasteiger partial charge in [0, 0.05) is 43.3 Å². The predicted molar refractivity (Wildman–Crippen MR) is 102 cm³/mol. The number of amides is 2. The minimum atomic E-state index is -0.361. The zero-order valence-corrected chi connectivity index (χ0v) is 15.6. The Morgan fingerprint density at radius 3 is 2.41 bits per heavy atom. The highest BCUT2D eigenvalue weighted by molar-refractivity contribution is 6.30. The first-order valence-electron chi connectivity index (χ1n) is 8.79. The number of rotatable bonds is 5. The summed E-state index contributed by atoms with van der Waals surface area (Å²) in [4.78, 5) is 28.3. The maximum atomic E-state index is 13.0. The number of piperazine rings is 1. The monoisotopic (exact) mass is 389 g/mol. The molecule has 142 valence electrons. The van der Waals surface area contributed by atoms with Gasteiger partial charge in [-0.15, -0.1) is 0 Å². The van der Waals surface area contributed by atoms with Crippen molar-refractivity contribution in [2.24, 2.45) is 0 Å². The fourth-order valence-electron chi connectivity index (χ4n) is 2.99. The molecule has 7 heteroatoms. The van der Waals surface area contributed by atoms with Crippen molar-refractivity contribution in [1.29, 1.82) is 0 Å². The Balaban J connectivity index is 1.43. The van der Waals surface area contributed by atoms with Crippen molar-refractivity contribution < 1.29 is 14.0 Å². The van der Waals surface area contributed by atoms with Crippen LogP contribution in [0.5, 0.6) is 0 Å². The summed E-state index contributed by atoms with van der Waals surface area (Å²) in [5.74, 6) is -0.534. The Kier molecular flexibility index (Phi) is 6.42. The summed E-state index contributed by atoms with van der Waals surface area (Å²) < 4.78 is 13.0. The Morgan fingerprint density at radius 2 is 1.74 bits per heavy atom. The molecule has 1 aliphatic heterocycles. The maximum Gasteiger partial charge on any atom is 0.253 e. The number of nitrogens with one attached hydrogen (secondary N) is 1. The van der Waals surface area contributed by atoms with Crippen LogP contribution in [0.2, 0.25) is 5.02 Å². The third-order valence-electron chi connectivity index (χ3n) is 4.50. The van der Waals surface area contributed by atoms with Crippen LogP contribution in [0, 0.1) is 5.82 Å². The second-order valence-electron chi connectivity index (χ2n) is 6.48. The fourth-order valence-corrected chi connectivity index (χ4v) is 3.20. The molecule has 0 saturated carbocycles. The van der Waals surface area contributed by atoms with Gasteiger partial charge in [-0.2, -0.15) is 0 Å². The van der Waals surface area contributed by atoms with Crippen LogP contribution in [0.4, 0.5) is 4.39 Å². The molecular weight excluding hydrogens is 369 g/mol. The van der Waals surface area contributed by atoms with E-state index in [1.807, 2.05) is 23.1 Å². The van der Waals surface area contributed by atoms with Gasteiger partial charge in [0.1, 0.15) is 5.82 Å². The van der Waals surface area contributed by atoms with E-state index in [4.69, 9.17) is 11.6 Å². The average Bonchev–Trinajstić information content (AvgIpc) is 2.67. The molecule has 0 radical (unpaired) electrons. The van der Waals surface area contributed by atoms with Crippen LogP contribution in [0.25, 0.3) is 0 Å². The van der Waals surface area contributed by atoms with Crippen LogP contribution in [0.15, 0.2) is 48.5 Å². The summed E-state index contributed by atoms with van der Waals surface area (Å²) in [6, 6.07) is 12.9. The first kappa shape index (κ1) is 19.3. The molecule has 0 unspecified atom stereocenters. The first-order chi connectivity index (χ1) is 13.0. The SMILES string of the molecule is O=C(CN1CCN(C(=O)c2ccc(F)cc2)CC1)NCc1cccc(Cl)c1. The third-order valence-corrected chi connectivity index (χ3v) is 4.73. The number of nitrogens with zero attached hydrogens (tertiary/aromatic N) is 2. The molecule has 27 heavy (non-hydrogen) atoms. The highest BCUT2D eigenvalue weighted by Crippen LogP contribution is 2.11. The molecule has 0 aromatic heterocycles. The Labute approximate surface area is 162 Å². The summed E-state index contributed by atoms with van der Waals surface area (Å²) in [5.41, 5.74) is 1.43. The van der Waals surface area contributed by atoms with E-state index in [1.54, 1.807) is 11.0 Å². The van der Waals surface area contributed by atoms with Gasteiger partial charge in [0.15, 0.2) is 0 Å². The van der Waals surface area contributed by atoms with Gasteiger partial charge in [-0.3, -0.25) is 14.5 Å². The number of carbonyl (C=O) groups is 2. The third kappa shape index (κ3) is 5.52. The van der Waals surface area contributed by atoms with Gasteiger partial charge < -0.3 is 10.2 Å². The number of hydrogen-bond acceptors (Lipinski definition) is 3. The van der Waals surface area contributed by atoms with Gasteiger partial charge in [0.2, 0.25) is 5.91 Å². The van der Waals surface area contributed by atoms with Crippen LogP contribution in [-0.2, 0) is 11.3 Å². The number of hydrogen-bond donors (Lipinski definition) is 1. The lowest BCUT2D eigenvalue weighted by atomic mass is 10.2. The molecule has 1 saturated heterocycles. The van der Waals surface area contributed by atoms with Crippen molar-refractivity contribution in [1.82, 2.24) is 15.1 Å². The summed E-state index contributed by atoms with van der Waals surface area (Å²) in [7, 11) is 0. The Bertz CT molecular complexity index is 805. The van der Waals surface area contributed by atoms with Crippen molar-refractivity contribution in [3.05, 3.63) is 70.5 Å².